The molecule has 3 rings (SSSR count). The van der Waals surface area contributed by atoms with Crippen molar-refractivity contribution in [2.75, 3.05) is 11.8 Å². The van der Waals surface area contributed by atoms with Crippen LogP contribution in [0.5, 0.6) is 5.75 Å². The smallest absolute Gasteiger partial charge is 0.276 e. The van der Waals surface area contributed by atoms with Crippen LogP contribution in [-0.2, 0) is 14.8 Å². The zero-order valence-corrected chi connectivity index (χ0v) is 19.1. The number of ether oxygens (including phenoxy) is 1. The SMILES string of the molecule is COc1ccccc1NS(=O)(=O)c1cccc(C(=O)NNC(=O)/C=C/c2ccccc2[N+](=O)[O-])c1. The number of hydrazine groups is 1. The largest absolute Gasteiger partial charge is 0.495 e. The zero-order valence-electron chi connectivity index (χ0n) is 18.3. The fourth-order valence-electron chi connectivity index (χ4n) is 2.93. The van der Waals surface area contributed by atoms with Crippen LogP contribution in [0.15, 0.2) is 83.8 Å². The summed E-state index contributed by atoms with van der Waals surface area (Å²) >= 11 is 0. The fraction of sp³-hybridized carbons (Fsp3) is 0.0435. The number of nitrogens with zero attached hydrogens (tertiary/aromatic N) is 1. The number of para-hydroxylation sites is 3. The van der Waals surface area contributed by atoms with Crippen LogP contribution in [0, 0.1) is 10.1 Å². The highest BCUT2D eigenvalue weighted by atomic mass is 32.2. The number of nitro benzene ring substituents is 1. The molecule has 0 saturated heterocycles. The van der Waals surface area contributed by atoms with E-state index in [1.54, 1.807) is 24.3 Å². The maximum atomic E-state index is 12.8. The normalized spacial score (nSPS) is 11.0. The Bertz CT molecular complexity index is 1400. The average Bonchev–Trinajstić information content (AvgIpc) is 2.86. The van der Waals surface area contributed by atoms with E-state index in [1.165, 1.54) is 55.7 Å². The van der Waals surface area contributed by atoms with E-state index in [0.29, 0.717) is 5.75 Å². The topological polar surface area (TPSA) is 157 Å². The summed E-state index contributed by atoms with van der Waals surface area (Å²) < 4.78 is 33.1. The molecule has 0 aliphatic carbocycles. The lowest BCUT2D eigenvalue weighted by atomic mass is 10.1. The molecule has 0 fully saturated rings. The van der Waals surface area contributed by atoms with E-state index in [2.05, 4.69) is 15.6 Å². The number of benzene rings is 3. The summed E-state index contributed by atoms with van der Waals surface area (Å²) in [6.07, 6.45) is 2.25. The Hall–Kier alpha value is -4.71. The first-order chi connectivity index (χ1) is 16.7. The minimum Gasteiger partial charge on any atom is -0.495 e. The second-order valence-electron chi connectivity index (χ2n) is 6.93. The van der Waals surface area contributed by atoms with Gasteiger partial charge in [0.2, 0.25) is 0 Å². The first kappa shape index (κ1) is 24.9. The number of hydrogen-bond donors (Lipinski definition) is 3. The summed E-state index contributed by atoms with van der Waals surface area (Å²) in [4.78, 5) is 34.7. The Labute approximate surface area is 200 Å². The molecule has 0 bridgehead atoms. The number of hydrogen-bond acceptors (Lipinski definition) is 7. The van der Waals surface area contributed by atoms with Crippen LogP contribution < -0.4 is 20.3 Å². The highest BCUT2D eigenvalue weighted by Gasteiger charge is 2.18. The van der Waals surface area contributed by atoms with Crippen molar-refractivity contribution in [2.24, 2.45) is 0 Å². The molecule has 0 saturated carbocycles. The van der Waals surface area contributed by atoms with Crippen molar-refractivity contribution in [1.82, 2.24) is 10.9 Å². The molecule has 35 heavy (non-hydrogen) atoms. The number of anilines is 1. The van der Waals surface area contributed by atoms with Crippen LogP contribution in [0.3, 0.4) is 0 Å². The van der Waals surface area contributed by atoms with Gasteiger partial charge in [0.05, 0.1) is 28.2 Å². The summed E-state index contributed by atoms with van der Waals surface area (Å²) in [7, 11) is -2.64. The third kappa shape index (κ3) is 6.42. The van der Waals surface area contributed by atoms with E-state index in [0.717, 1.165) is 12.1 Å². The van der Waals surface area contributed by atoms with Gasteiger partial charge in [-0.2, -0.15) is 0 Å². The fourth-order valence-corrected chi connectivity index (χ4v) is 4.05. The maximum Gasteiger partial charge on any atom is 0.276 e. The van der Waals surface area contributed by atoms with E-state index < -0.39 is 26.8 Å². The van der Waals surface area contributed by atoms with E-state index in [4.69, 9.17) is 4.74 Å². The van der Waals surface area contributed by atoms with Crippen molar-refractivity contribution in [3.63, 3.8) is 0 Å². The Morgan fingerprint density at radius 2 is 1.69 bits per heavy atom. The van der Waals surface area contributed by atoms with Crippen molar-refractivity contribution in [3.8, 4) is 5.75 Å². The quantitative estimate of drug-likeness (QED) is 0.246. The van der Waals surface area contributed by atoms with Crippen LogP contribution in [0.25, 0.3) is 6.08 Å². The number of amides is 2. The Morgan fingerprint density at radius 1 is 0.971 bits per heavy atom. The molecule has 0 aromatic heterocycles. The van der Waals surface area contributed by atoms with E-state index >= 15 is 0 Å². The highest BCUT2D eigenvalue weighted by molar-refractivity contribution is 7.92. The average molecular weight is 497 g/mol. The summed E-state index contributed by atoms with van der Waals surface area (Å²) in [6.45, 7) is 0. The Kier molecular flexibility index (Phi) is 7.79. The number of sulfonamides is 1. The monoisotopic (exact) mass is 496 g/mol. The molecule has 3 aromatic carbocycles. The van der Waals surface area contributed by atoms with Gasteiger partial charge in [-0.15, -0.1) is 0 Å². The van der Waals surface area contributed by atoms with Crippen molar-refractivity contribution in [2.45, 2.75) is 4.90 Å². The first-order valence-electron chi connectivity index (χ1n) is 9.99. The predicted octanol–water partition coefficient (Wildman–Crippen LogP) is 2.88. The molecule has 0 atom stereocenters. The van der Waals surface area contributed by atoms with Crippen LogP contribution in [0.4, 0.5) is 11.4 Å². The first-order valence-corrected chi connectivity index (χ1v) is 11.5. The maximum absolute atomic E-state index is 12.8. The number of nitrogens with one attached hydrogen (secondary N) is 3. The summed E-state index contributed by atoms with van der Waals surface area (Å²) in [5.41, 5.74) is 4.52. The van der Waals surface area contributed by atoms with Gasteiger partial charge in [-0.05, 0) is 42.5 Å². The van der Waals surface area contributed by atoms with Gasteiger partial charge in [0.15, 0.2) is 0 Å². The summed E-state index contributed by atoms with van der Waals surface area (Å²) in [6, 6.07) is 17.5. The minimum atomic E-state index is -4.05. The number of nitro groups is 1. The third-order valence-corrected chi connectivity index (χ3v) is 5.97. The van der Waals surface area contributed by atoms with Gasteiger partial charge in [-0.3, -0.25) is 35.3 Å². The minimum absolute atomic E-state index is 0.0316. The lowest BCUT2D eigenvalue weighted by molar-refractivity contribution is -0.385. The molecule has 0 unspecified atom stereocenters. The van der Waals surface area contributed by atoms with Gasteiger partial charge in [0.25, 0.3) is 27.5 Å². The molecular formula is C23H20N4O7S. The van der Waals surface area contributed by atoms with Crippen LogP contribution >= 0.6 is 0 Å². The molecule has 180 valence electrons. The molecule has 0 aliphatic rings. The summed E-state index contributed by atoms with van der Waals surface area (Å²) in [5.74, 6) is -1.20. The number of methoxy groups -OCH3 is 1. The zero-order chi connectivity index (χ0) is 25.4. The van der Waals surface area contributed by atoms with Crippen molar-refractivity contribution in [1.29, 1.82) is 0 Å². The van der Waals surface area contributed by atoms with E-state index in [-0.39, 0.29) is 27.4 Å². The lowest BCUT2D eigenvalue weighted by Gasteiger charge is -2.12. The molecule has 0 aliphatic heterocycles. The number of carbonyl (C=O) groups is 2. The molecule has 0 radical (unpaired) electrons. The third-order valence-electron chi connectivity index (χ3n) is 4.60. The Balaban J connectivity index is 1.67. The second-order valence-corrected chi connectivity index (χ2v) is 8.61. The van der Waals surface area contributed by atoms with Crippen LogP contribution in [-0.4, -0.2) is 32.3 Å². The van der Waals surface area contributed by atoms with Gasteiger partial charge in [0.1, 0.15) is 5.75 Å². The molecule has 2 amide bonds. The Morgan fingerprint density at radius 3 is 2.43 bits per heavy atom. The van der Waals surface area contributed by atoms with Gasteiger partial charge >= 0.3 is 0 Å². The van der Waals surface area contributed by atoms with Crippen LogP contribution in [0.2, 0.25) is 0 Å². The molecule has 3 aromatic rings. The molecular weight excluding hydrogens is 476 g/mol. The number of rotatable bonds is 8. The molecule has 11 nitrogen and oxygen atoms in total. The van der Waals surface area contributed by atoms with E-state index in [9.17, 15) is 28.1 Å². The van der Waals surface area contributed by atoms with Gasteiger partial charge in [0, 0.05) is 17.7 Å². The predicted molar refractivity (Wildman–Crippen MR) is 128 cm³/mol. The van der Waals surface area contributed by atoms with E-state index in [1.807, 2.05) is 0 Å². The van der Waals surface area contributed by atoms with Gasteiger partial charge in [-0.25, -0.2) is 8.42 Å². The van der Waals surface area contributed by atoms with Gasteiger partial charge in [-0.1, -0.05) is 30.3 Å². The van der Waals surface area contributed by atoms with Crippen molar-refractivity contribution < 1.29 is 27.7 Å². The van der Waals surface area contributed by atoms with Crippen molar-refractivity contribution >= 4 is 39.3 Å². The van der Waals surface area contributed by atoms with Gasteiger partial charge < -0.3 is 4.74 Å². The second kappa shape index (κ2) is 10.9. The standard InChI is InChI=1S/C23H20N4O7S/c1-34-21-12-5-3-10-19(21)26-35(32,33)18-9-6-8-17(15-18)23(29)25-24-22(28)14-13-16-7-2-4-11-20(16)27(30)31/h2-15,26H,1H3,(H,24,28)(H,25,29)/b14-13+. The van der Waals surface area contributed by atoms with Crippen molar-refractivity contribution in [3.05, 3.63) is 100 Å². The molecule has 12 heteroatoms. The molecule has 0 heterocycles. The molecule has 3 N–H and O–H groups in total. The highest BCUT2D eigenvalue weighted by Crippen LogP contribution is 2.26. The lowest BCUT2D eigenvalue weighted by Crippen LogP contribution is -2.40. The number of carbonyl (C=O) groups excluding carboxylic acids is 2. The van der Waals surface area contributed by atoms with Crippen LogP contribution in [0.1, 0.15) is 15.9 Å². The molecule has 0 spiro atoms. The summed E-state index contributed by atoms with van der Waals surface area (Å²) in [5, 5.41) is 11.0.